The third-order valence-electron chi connectivity index (χ3n) is 5.54. The molecule has 22 heavy (non-hydrogen) atoms. The molecule has 0 atom stereocenters. The Bertz CT molecular complexity index is 292. The molecule has 0 N–H and O–H groups in total. The molecule has 0 aromatic rings. The second kappa shape index (κ2) is 8.65. The lowest BCUT2D eigenvalue weighted by Crippen LogP contribution is -2.49. The molecule has 3 heteroatoms. The first-order valence-corrected chi connectivity index (χ1v) is 8.90. The lowest BCUT2D eigenvalue weighted by molar-refractivity contribution is -0.153. The van der Waals surface area contributed by atoms with E-state index in [2.05, 4.69) is 27.7 Å². The SMILES string of the molecule is COCC(COC)(COC1(C)CCCCCCC1)C(C)(C)C. The zero-order valence-electron chi connectivity index (χ0n) is 15.8. The molecule has 1 rings (SSSR count). The van der Waals surface area contributed by atoms with E-state index in [1.54, 1.807) is 14.2 Å². The Hall–Kier alpha value is -0.120. The van der Waals surface area contributed by atoms with Crippen LogP contribution in [0.4, 0.5) is 0 Å². The Morgan fingerprint density at radius 3 is 1.64 bits per heavy atom. The highest BCUT2D eigenvalue weighted by Gasteiger charge is 2.44. The smallest absolute Gasteiger partial charge is 0.0654 e. The Morgan fingerprint density at radius 2 is 1.23 bits per heavy atom. The lowest BCUT2D eigenvalue weighted by atomic mass is 9.67. The maximum absolute atomic E-state index is 6.54. The summed E-state index contributed by atoms with van der Waals surface area (Å²) in [6.45, 7) is 11.1. The van der Waals surface area contributed by atoms with Gasteiger partial charge in [0.05, 0.1) is 25.4 Å². The third kappa shape index (κ3) is 5.50. The van der Waals surface area contributed by atoms with Gasteiger partial charge < -0.3 is 14.2 Å². The molecular formula is C19H38O3. The molecule has 0 unspecified atom stereocenters. The van der Waals surface area contributed by atoms with E-state index in [0.29, 0.717) is 19.8 Å². The standard InChI is InChI=1S/C19H38O3/c1-17(2,3)19(14-20-5,15-21-6)16-22-18(4)12-10-8-7-9-11-13-18/h7-16H2,1-6H3. The van der Waals surface area contributed by atoms with Crippen LogP contribution in [0.25, 0.3) is 0 Å². The van der Waals surface area contributed by atoms with Crippen LogP contribution in [0.15, 0.2) is 0 Å². The van der Waals surface area contributed by atoms with Crippen LogP contribution in [-0.4, -0.2) is 39.6 Å². The fourth-order valence-corrected chi connectivity index (χ4v) is 3.44. The summed E-state index contributed by atoms with van der Waals surface area (Å²) in [6.07, 6.45) is 9.00. The van der Waals surface area contributed by atoms with Crippen molar-refractivity contribution in [2.24, 2.45) is 10.8 Å². The maximum atomic E-state index is 6.54. The van der Waals surface area contributed by atoms with Crippen LogP contribution in [-0.2, 0) is 14.2 Å². The van der Waals surface area contributed by atoms with Crippen molar-refractivity contribution in [3.05, 3.63) is 0 Å². The molecule has 0 heterocycles. The van der Waals surface area contributed by atoms with Crippen molar-refractivity contribution in [3.8, 4) is 0 Å². The summed E-state index contributed by atoms with van der Waals surface area (Å²) in [5.74, 6) is 0. The van der Waals surface area contributed by atoms with Crippen molar-refractivity contribution in [1.29, 1.82) is 0 Å². The highest BCUT2D eigenvalue weighted by molar-refractivity contribution is 4.92. The first kappa shape index (κ1) is 19.9. The van der Waals surface area contributed by atoms with Crippen LogP contribution < -0.4 is 0 Å². The van der Waals surface area contributed by atoms with Gasteiger partial charge in [0.2, 0.25) is 0 Å². The molecule has 1 fully saturated rings. The predicted octanol–water partition coefficient (Wildman–Crippen LogP) is 4.83. The van der Waals surface area contributed by atoms with Gasteiger partial charge in [0.25, 0.3) is 0 Å². The Balaban J connectivity index is 2.79. The molecule has 3 nitrogen and oxygen atoms in total. The van der Waals surface area contributed by atoms with Gasteiger partial charge >= 0.3 is 0 Å². The van der Waals surface area contributed by atoms with Crippen molar-refractivity contribution < 1.29 is 14.2 Å². The number of hydrogen-bond acceptors (Lipinski definition) is 3. The van der Waals surface area contributed by atoms with E-state index in [1.807, 2.05) is 0 Å². The zero-order chi connectivity index (χ0) is 16.7. The van der Waals surface area contributed by atoms with Crippen LogP contribution in [0.1, 0.15) is 72.6 Å². The second-order valence-electron chi connectivity index (χ2n) is 8.40. The number of ether oxygens (including phenoxy) is 3. The first-order valence-electron chi connectivity index (χ1n) is 8.90. The van der Waals surface area contributed by atoms with Crippen molar-refractivity contribution in [2.45, 2.75) is 78.2 Å². The van der Waals surface area contributed by atoms with Crippen LogP contribution in [0.3, 0.4) is 0 Å². The Kier molecular flexibility index (Phi) is 7.84. The van der Waals surface area contributed by atoms with Crippen molar-refractivity contribution in [3.63, 3.8) is 0 Å². The molecule has 0 bridgehead atoms. The van der Waals surface area contributed by atoms with Gasteiger partial charge in [0, 0.05) is 19.6 Å². The summed E-state index contributed by atoms with van der Waals surface area (Å²) in [7, 11) is 3.54. The largest absolute Gasteiger partial charge is 0.384 e. The van der Waals surface area contributed by atoms with Crippen molar-refractivity contribution in [1.82, 2.24) is 0 Å². The average Bonchev–Trinajstić information content (AvgIpc) is 2.40. The highest BCUT2D eigenvalue weighted by Crippen LogP contribution is 2.41. The van der Waals surface area contributed by atoms with Gasteiger partial charge in [-0.05, 0) is 25.2 Å². The molecule has 0 radical (unpaired) electrons. The summed E-state index contributed by atoms with van der Waals surface area (Å²) in [6, 6.07) is 0. The Morgan fingerprint density at radius 1 is 0.773 bits per heavy atom. The van der Waals surface area contributed by atoms with Gasteiger partial charge in [-0.25, -0.2) is 0 Å². The zero-order valence-corrected chi connectivity index (χ0v) is 15.8. The van der Waals surface area contributed by atoms with E-state index in [1.165, 1.54) is 44.9 Å². The summed E-state index contributed by atoms with van der Waals surface area (Å²) in [5.41, 5.74) is -0.0305. The highest BCUT2D eigenvalue weighted by atomic mass is 16.5. The molecule has 132 valence electrons. The first-order chi connectivity index (χ1) is 10.3. The third-order valence-corrected chi connectivity index (χ3v) is 5.54. The number of hydrogen-bond donors (Lipinski definition) is 0. The fraction of sp³-hybridized carbons (Fsp3) is 1.00. The quantitative estimate of drug-likeness (QED) is 0.673. The maximum Gasteiger partial charge on any atom is 0.0654 e. The molecule has 0 spiro atoms. The number of methoxy groups -OCH3 is 2. The van der Waals surface area contributed by atoms with Crippen LogP contribution >= 0.6 is 0 Å². The van der Waals surface area contributed by atoms with Gasteiger partial charge in [-0.15, -0.1) is 0 Å². The molecular weight excluding hydrogens is 276 g/mol. The van der Waals surface area contributed by atoms with Gasteiger partial charge in [-0.1, -0.05) is 52.9 Å². The van der Waals surface area contributed by atoms with Crippen molar-refractivity contribution >= 4 is 0 Å². The van der Waals surface area contributed by atoms with Crippen LogP contribution in [0.2, 0.25) is 0 Å². The number of rotatable bonds is 7. The van der Waals surface area contributed by atoms with E-state index >= 15 is 0 Å². The lowest BCUT2D eigenvalue weighted by Gasteiger charge is -2.46. The van der Waals surface area contributed by atoms with E-state index in [-0.39, 0.29) is 16.4 Å². The fourth-order valence-electron chi connectivity index (χ4n) is 3.44. The van der Waals surface area contributed by atoms with E-state index in [4.69, 9.17) is 14.2 Å². The van der Waals surface area contributed by atoms with Crippen LogP contribution in [0, 0.1) is 10.8 Å². The molecule has 0 saturated heterocycles. The summed E-state index contributed by atoms with van der Waals surface area (Å²) < 4.78 is 17.6. The van der Waals surface area contributed by atoms with E-state index < -0.39 is 0 Å². The molecule has 0 aliphatic heterocycles. The van der Waals surface area contributed by atoms with Gasteiger partial charge in [0.15, 0.2) is 0 Å². The topological polar surface area (TPSA) is 27.7 Å². The summed E-state index contributed by atoms with van der Waals surface area (Å²) in [4.78, 5) is 0. The minimum Gasteiger partial charge on any atom is -0.384 e. The van der Waals surface area contributed by atoms with E-state index in [0.717, 1.165) is 0 Å². The minimum absolute atomic E-state index is 0.0123. The molecule has 1 aliphatic rings. The average molecular weight is 315 g/mol. The second-order valence-corrected chi connectivity index (χ2v) is 8.40. The van der Waals surface area contributed by atoms with Gasteiger partial charge in [0.1, 0.15) is 0 Å². The molecule has 0 aromatic carbocycles. The summed E-state index contributed by atoms with van der Waals surface area (Å²) in [5, 5.41) is 0. The normalized spacial score (nSPS) is 20.5. The van der Waals surface area contributed by atoms with Crippen LogP contribution in [0.5, 0.6) is 0 Å². The van der Waals surface area contributed by atoms with Gasteiger partial charge in [-0.3, -0.25) is 0 Å². The predicted molar refractivity (Wildman–Crippen MR) is 92.3 cm³/mol. The minimum atomic E-state index is -0.109. The molecule has 1 aliphatic carbocycles. The summed E-state index contributed by atoms with van der Waals surface area (Å²) >= 11 is 0. The molecule has 0 amide bonds. The Labute approximate surface area is 138 Å². The molecule has 0 aromatic heterocycles. The monoisotopic (exact) mass is 314 g/mol. The van der Waals surface area contributed by atoms with Gasteiger partial charge in [-0.2, -0.15) is 0 Å². The molecule has 1 saturated carbocycles. The van der Waals surface area contributed by atoms with E-state index in [9.17, 15) is 0 Å². The van der Waals surface area contributed by atoms with Crippen molar-refractivity contribution in [2.75, 3.05) is 34.0 Å².